The van der Waals surface area contributed by atoms with Gasteiger partial charge in [0.2, 0.25) is 11.8 Å². The van der Waals surface area contributed by atoms with Gasteiger partial charge in [-0.15, -0.1) is 24.8 Å². The molecule has 1 saturated heterocycles. The fourth-order valence-corrected chi connectivity index (χ4v) is 2.11. The zero-order chi connectivity index (χ0) is 14.4. The van der Waals surface area contributed by atoms with Crippen LogP contribution in [0.2, 0.25) is 0 Å². The summed E-state index contributed by atoms with van der Waals surface area (Å²) in [7, 11) is 0. The molecule has 1 aliphatic rings. The van der Waals surface area contributed by atoms with Gasteiger partial charge in [0.05, 0.1) is 6.54 Å². The molecule has 1 aliphatic heterocycles. The minimum atomic E-state index is -0.115. The first-order valence-corrected chi connectivity index (χ1v) is 6.94. The maximum atomic E-state index is 12.0. The Morgan fingerprint density at radius 3 is 2.05 bits per heavy atom. The van der Waals surface area contributed by atoms with Crippen LogP contribution in [-0.4, -0.2) is 66.9 Å². The summed E-state index contributed by atoms with van der Waals surface area (Å²) in [6, 6.07) is 0.167. The summed E-state index contributed by atoms with van der Waals surface area (Å²) >= 11 is 0. The van der Waals surface area contributed by atoms with Crippen molar-refractivity contribution in [1.29, 1.82) is 0 Å². The predicted octanol–water partition coefficient (Wildman–Crippen LogP) is 0.0936. The van der Waals surface area contributed by atoms with E-state index in [2.05, 4.69) is 10.2 Å². The highest BCUT2D eigenvalue weighted by atomic mass is 35.5. The van der Waals surface area contributed by atoms with E-state index in [4.69, 9.17) is 5.73 Å². The summed E-state index contributed by atoms with van der Waals surface area (Å²) in [6.07, 6.45) is 0. The smallest absolute Gasteiger partial charge is 0.234 e. The summed E-state index contributed by atoms with van der Waals surface area (Å²) < 4.78 is 0. The molecule has 1 rings (SSSR count). The number of nitrogens with two attached hydrogens (primary N) is 1. The van der Waals surface area contributed by atoms with Crippen LogP contribution in [0.1, 0.15) is 20.8 Å². The van der Waals surface area contributed by atoms with E-state index < -0.39 is 0 Å². The van der Waals surface area contributed by atoms with Gasteiger partial charge in [0.1, 0.15) is 0 Å². The molecule has 2 amide bonds. The highest BCUT2D eigenvalue weighted by Crippen LogP contribution is 2.06. The third-order valence-corrected chi connectivity index (χ3v) is 3.28. The molecule has 0 aromatic rings. The quantitative estimate of drug-likeness (QED) is 0.742. The van der Waals surface area contributed by atoms with Gasteiger partial charge in [-0.1, -0.05) is 6.92 Å². The standard InChI is InChI=1S/C13H26N4O2.2ClH/c1-10(2)15-12(18)9-16-4-6-17(7-5-16)13(19)11(3)8-14;;/h10-11H,4-9,14H2,1-3H3,(H,15,18);2*1H. The van der Waals surface area contributed by atoms with E-state index in [9.17, 15) is 9.59 Å². The summed E-state index contributed by atoms with van der Waals surface area (Å²) in [6.45, 7) is 9.39. The lowest BCUT2D eigenvalue weighted by Crippen LogP contribution is -2.53. The molecule has 1 unspecified atom stereocenters. The van der Waals surface area contributed by atoms with Crippen molar-refractivity contribution in [3.05, 3.63) is 0 Å². The second kappa shape index (κ2) is 11.1. The first-order valence-electron chi connectivity index (χ1n) is 6.94. The highest BCUT2D eigenvalue weighted by molar-refractivity contribution is 5.85. The Morgan fingerprint density at radius 1 is 1.10 bits per heavy atom. The lowest BCUT2D eigenvalue weighted by molar-refractivity contribution is -0.136. The number of halogens is 2. The normalized spacial score (nSPS) is 16.7. The van der Waals surface area contributed by atoms with Crippen molar-refractivity contribution in [2.75, 3.05) is 39.3 Å². The lowest BCUT2D eigenvalue weighted by Gasteiger charge is -2.35. The van der Waals surface area contributed by atoms with Crippen molar-refractivity contribution in [3.8, 4) is 0 Å². The molecule has 6 nitrogen and oxygen atoms in total. The number of carbonyl (C=O) groups excluding carboxylic acids is 2. The Kier molecular flexibility index (Phi) is 12.0. The molecule has 1 heterocycles. The Morgan fingerprint density at radius 2 is 1.62 bits per heavy atom. The van der Waals surface area contributed by atoms with E-state index in [1.54, 1.807) is 0 Å². The molecular formula is C13H28Cl2N4O2. The van der Waals surface area contributed by atoms with Crippen molar-refractivity contribution in [3.63, 3.8) is 0 Å². The van der Waals surface area contributed by atoms with Crippen molar-refractivity contribution in [1.82, 2.24) is 15.1 Å². The lowest BCUT2D eigenvalue weighted by atomic mass is 10.1. The van der Waals surface area contributed by atoms with E-state index in [0.29, 0.717) is 26.2 Å². The van der Waals surface area contributed by atoms with E-state index >= 15 is 0 Å². The molecule has 8 heteroatoms. The van der Waals surface area contributed by atoms with Crippen LogP contribution in [-0.2, 0) is 9.59 Å². The van der Waals surface area contributed by atoms with Gasteiger partial charge in [0, 0.05) is 44.7 Å². The van der Waals surface area contributed by atoms with Crippen LogP contribution >= 0.6 is 24.8 Å². The van der Waals surface area contributed by atoms with Crippen molar-refractivity contribution in [2.24, 2.45) is 11.7 Å². The fraction of sp³-hybridized carbons (Fsp3) is 0.846. The Balaban J connectivity index is 0. The van der Waals surface area contributed by atoms with Crippen LogP contribution in [0.25, 0.3) is 0 Å². The molecule has 3 N–H and O–H groups in total. The van der Waals surface area contributed by atoms with E-state index in [0.717, 1.165) is 13.1 Å². The number of hydrogen-bond donors (Lipinski definition) is 2. The molecule has 0 aromatic carbocycles. The van der Waals surface area contributed by atoms with Gasteiger partial charge in [-0.05, 0) is 13.8 Å². The Labute approximate surface area is 139 Å². The van der Waals surface area contributed by atoms with Crippen LogP contribution in [0.15, 0.2) is 0 Å². The molecule has 0 saturated carbocycles. The van der Waals surface area contributed by atoms with Crippen molar-refractivity contribution in [2.45, 2.75) is 26.8 Å². The largest absolute Gasteiger partial charge is 0.353 e. The van der Waals surface area contributed by atoms with Gasteiger partial charge in [0.15, 0.2) is 0 Å². The number of nitrogens with one attached hydrogen (secondary N) is 1. The van der Waals surface area contributed by atoms with Crippen LogP contribution in [0.3, 0.4) is 0 Å². The third-order valence-electron chi connectivity index (χ3n) is 3.28. The molecule has 0 radical (unpaired) electrons. The SMILES string of the molecule is CC(C)NC(=O)CN1CCN(C(=O)C(C)CN)CC1.Cl.Cl. The number of piperazine rings is 1. The van der Waals surface area contributed by atoms with Gasteiger partial charge in [-0.2, -0.15) is 0 Å². The van der Waals surface area contributed by atoms with Gasteiger partial charge in [0.25, 0.3) is 0 Å². The summed E-state index contributed by atoms with van der Waals surface area (Å²) in [5, 5.41) is 2.87. The van der Waals surface area contributed by atoms with Crippen LogP contribution < -0.4 is 11.1 Å². The molecule has 126 valence electrons. The van der Waals surface area contributed by atoms with Crippen LogP contribution in [0.4, 0.5) is 0 Å². The number of carbonyl (C=O) groups is 2. The van der Waals surface area contributed by atoms with Crippen molar-refractivity contribution < 1.29 is 9.59 Å². The zero-order valence-electron chi connectivity index (χ0n) is 13.0. The van der Waals surface area contributed by atoms with Crippen LogP contribution in [0.5, 0.6) is 0 Å². The molecule has 0 aliphatic carbocycles. The van der Waals surface area contributed by atoms with E-state index in [1.165, 1.54) is 0 Å². The maximum Gasteiger partial charge on any atom is 0.234 e. The average molecular weight is 343 g/mol. The third kappa shape index (κ3) is 7.85. The monoisotopic (exact) mass is 342 g/mol. The predicted molar refractivity (Wildman–Crippen MR) is 89.0 cm³/mol. The van der Waals surface area contributed by atoms with Gasteiger partial charge < -0.3 is 16.0 Å². The molecule has 1 atom stereocenters. The number of rotatable bonds is 5. The second-order valence-corrected chi connectivity index (χ2v) is 5.46. The number of amides is 2. The summed E-state index contributed by atoms with van der Waals surface area (Å²) in [4.78, 5) is 27.5. The molecule has 0 spiro atoms. The van der Waals surface area contributed by atoms with E-state index in [1.807, 2.05) is 25.7 Å². The molecule has 21 heavy (non-hydrogen) atoms. The Hall–Kier alpha value is -0.560. The van der Waals surface area contributed by atoms with Crippen LogP contribution in [0, 0.1) is 5.92 Å². The topological polar surface area (TPSA) is 78.7 Å². The van der Waals surface area contributed by atoms with E-state index in [-0.39, 0.29) is 48.6 Å². The Bertz CT molecular complexity index is 321. The maximum absolute atomic E-state index is 12.0. The number of hydrogen-bond acceptors (Lipinski definition) is 4. The van der Waals surface area contributed by atoms with Gasteiger partial charge in [-0.3, -0.25) is 14.5 Å². The summed E-state index contributed by atoms with van der Waals surface area (Å²) in [5.74, 6) is 0.0506. The molecule has 0 aromatic heterocycles. The fourth-order valence-electron chi connectivity index (χ4n) is 2.11. The summed E-state index contributed by atoms with van der Waals surface area (Å²) in [5.41, 5.74) is 5.51. The minimum Gasteiger partial charge on any atom is -0.353 e. The second-order valence-electron chi connectivity index (χ2n) is 5.46. The highest BCUT2D eigenvalue weighted by Gasteiger charge is 2.24. The average Bonchev–Trinajstić information content (AvgIpc) is 2.36. The molecule has 1 fully saturated rings. The number of nitrogens with zero attached hydrogens (tertiary/aromatic N) is 2. The minimum absolute atomic E-state index is 0. The van der Waals surface area contributed by atoms with Gasteiger partial charge in [-0.25, -0.2) is 0 Å². The first kappa shape index (κ1) is 22.7. The first-order chi connectivity index (χ1) is 8.93. The zero-order valence-corrected chi connectivity index (χ0v) is 14.6. The molecular weight excluding hydrogens is 315 g/mol. The van der Waals surface area contributed by atoms with Gasteiger partial charge >= 0.3 is 0 Å². The molecule has 0 bridgehead atoms. The van der Waals surface area contributed by atoms with Crippen molar-refractivity contribution >= 4 is 36.6 Å².